The molecule has 2 heterocycles. The number of H-pyrrole nitrogens is 1. The molecule has 2 aromatic heterocycles. The fourth-order valence-corrected chi connectivity index (χ4v) is 2.18. The van der Waals surface area contributed by atoms with Gasteiger partial charge >= 0.3 is 12.2 Å². The first kappa shape index (κ1) is 18.3. The van der Waals surface area contributed by atoms with E-state index in [-0.39, 0.29) is 5.82 Å². The predicted octanol–water partition coefficient (Wildman–Crippen LogP) is 1.99. The summed E-state index contributed by atoms with van der Waals surface area (Å²) < 4.78 is 39.1. The molecule has 0 spiro atoms. The number of carbonyl (C=O) groups is 1. The molecule has 2 amide bonds. The van der Waals surface area contributed by atoms with E-state index in [1.54, 1.807) is 25.1 Å². The maximum atomic E-state index is 12.6. The Kier molecular flexibility index (Phi) is 4.75. The Balaban J connectivity index is 1.69. The number of nitrogens with zero attached hydrogens (tertiary/aromatic N) is 6. The summed E-state index contributed by atoms with van der Waals surface area (Å²) in [6.45, 7) is 3.26. The lowest BCUT2D eigenvalue weighted by Crippen LogP contribution is -2.32. The van der Waals surface area contributed by atoms with Crippen molar-refractivity contribution in [2.75, 3.05) is 5.32 Å². The van der Waals surface area contributed by atoms with Crippen molar-refractivity contribution in [3.63, 3.8) is 0 Å². The summed E-state index contributed by atoms with van der Waals surface area (Å²) in [5, 5.41) is 21.2. The molecule has 0 aliphatic carbocycles. The molecule has 0 aliphatic heterocycles. The molecule has 0 radical (unpaired) electrons. The van der Waals surface area contributed by atoms with Gasteiger partial charge in [-0.3, -0.25) is 5.10 Å². The summed E-state index contributed by atoms with van der Waals surface area (Å²) in [5.74, 6) is -1.41. The Morgan fingerprint density at radius 1 is 1.33 bits per heavy atom. The van der Waals surface area contributed by atoms with Crippen LogP contribution in [-0.4, -0.2) is 41.4 Å². The highest BCUT2D eigenvalue weighted by Gasteiger charge is 2.36. The molecule has 10 nitrogen and oxygen atoms in total. The topological polar surface area (TPSA) is 126 Å². The second-order valence-corrected chi connectivity index (χ2v) is 5.62. The van der Waals surface area contributed by atoms with E-state index < -0.39 is 24.1 Å². The van der Waals surface area contributed by atoms with Gasteiger partial charge in [-0.05, 0) is 42.0 Å². The fraction of sp³-hybridized carbons (Fsp3) is 0.286. The van der Waals surface area contributed by atoms with Gasteiger partial charge in [-0.2, -0.15) is 13.2 Å². The molecule has 3 rings (SSSR count). The first-order chi connectivity index (χ1) is 12.7. The summed E-state index contributed by atoms with van der Waals surface area (Å²) in [6.07, 6.45) is -3.26. The molecule has 0 aliphatic rings. The van der Waals surface area contributed by atoms with Crippen molar-refractivity contribution >= 4 is 11.7 Å². The average molecular weight is 381 g/mol. The van der Waals surface area contributed by atoms with Gasteiger partial charge in [0.25, 0.3) is 5.82 Å². The molecule has 3 N–H and O–H groups in total. The summed E-state index contributed by atoms with van der Waals surface area (Å²) >= 11 is 0. The van der Waals surface area contributed by atoms with Crippen molar-refractivity contribution in [1.29, 1.82) is 0 Å². The van der Waals surface area contributed by atoms with Gasteiger partial charge in [0.1, 0.15) is 12.2 Å². The minimum atomic E-state index is -4.66. The lowest BCUT2D eigenvalue weighted by atomic mass is 10.2. The minimum absolute atomic E-state index is 0.114. The molecule has 1 aromatic carbocycles. The van der Waals surface area contributed by atoms with E-state index >= 15 is 0 Å². The number of aryl methyl sites for hydroxylation is 1. The molecule has 0 saturated heterocycles. The molecule has 13 heteroatoms. The van der Waals surface area contributed by atoms with Crippen LogP contribution >= 0.6 is 0 Å². The van der Waals surface area contributed by atoms with E-state index in [4.69, 9.17) is 0 Å². The predicted molar refractivity (Wildman–Crippen MR) is 85.8 cm³/mol. The molecule has 0 saturated carbocycles. The zero-order valence-electron chi connectivity index (χ0n) is 14.1. The monoisotopic (exact) mass is 381 g/mol. The van der Waals surface area contributed by atoms with Gasteiger partial charge in [0.05, 0.1) is 11.7 Å². The van der Waals surface area contributed by atoms with E-state index in [0.29, 0.717) is 11.4 Å². The third kappa shape index (κ3) is 4.19. The lowest BCUT2D eigenvalue weighted by molar-refractivity contribution is -0.144. The van der Waals surface area contributed by atoms with Crippen LogP contribution in [0.4, 0.5) is 23.7 Å². The molecule has 1 unspecified atom stereocenters. The maximum Gasteiger partial charge on any atom is 0.453 e. The van der Waals surface area contributed by atoms with Crippen molar-refractivity contribution in [2.45, 2.75) is 26.1 Å². The van der Waals surface area contributed by atoms with Crippen molar-refractivity contribution < 1.29 is 18.0 Å². The van der Waals surface area contributed by atoms with Gasteiger partial charge in [-0.15, -0.1) is 10.2 Å². The van der Waals surface area contributed by atoms with Gasteiger partial charge < -0.3 is 10.6 Å². The standard InChI is InChI=1S/C14H14F3N9O/c1-7-3-4-9(26-6-18-24-25-26)5-10(7)20-13(27)19-8(2)11-21-12(23-22-11)14(15,16)17/h3-6,8H,1-2H3,(H2,19,20,27)(H,21,22,23). The van der Waals surface area contributed by atoms with E-state index in [9.17, 15) is 18.0 Å². The van der Waals surface area contributed by atoms with Crippen LogP contribution in [0.5, 0.6) is 0 Å². The third-order valence-electron chi connectivity index (χ3n) is 3.60. The van der Waals surface area contributed by atoms with Crippen molar-refractivity contribution in [3.8, 4) is 5.69 Å². The zero-order valence-corrected chi connectivity index (χ0v) is 14.1. The lowest BCUT2D eigenvalue weighted by Gasteiger charge is -2.14. The first-order valence-electron chi connectivity index (χ1n) is 7.65. The molecule has 27 heavy (non-hydrogen) atoms. The Bertz CT molecular complexity index is 936. The number of anilines is 1. The largest absolute Gasteiger partial charge is 0.453 e. The number of alkyl halides is 3. The maximum absolute atomic E-state index is 12.6. The number of rotatable bonds is 4. The summed E-state index contributed by atoms with van der Waals surface area (Å²) in [5.41, 5.74) is 1.88. The zero-order chi connectivity index (χ0) is 19.6. The Hall–Kier alpha value is -3.51. The number of hydrogen-bond donors (Lipinski definition) is 3. The molecular weight excluding hydrogens is 367 g/mol. The Morgan fingerprint density at radius 2 is 2.11 bits per heavy atom. The molecule has 0 bridgehead atoms. The normalized spacial score (nSPS) is 12.6. The highest BCUT2D eigenvalue weighted by atomic mass is 19.4. The van der Waals surface area contributed by atoms with Gasteiger partial charge in [0.2, 0.25) is 0 Å². The minimum Gasteiger partial charge on any atom is -0.328 e. The van der Waals surface area contributed by atoms with Gasteiger partial charge in [0, 0.05) is 5.69 Å². The van der Waals surface area contributed by atoms with Crippen LogP contribution in [0.1, 0.15) is 30.2 Å². The number of halogens is 3. The van der Waals surface area contributed by atoms with Crippen LogP contribution < -0.4 is 10.6 Å². The van der Waals surface area contributed by atoms with Crippen molar-refractivity contribution in [3.05, 3.63) is 41.7 Å². The number of benzene rings is 1. The van der Waals surface area contributed by atoms with Crippen LogP contribution in [0.3, 0.4) is 0 Å². The van der Waals surface area contributed by atoms with E-state index in [0.717, 1.165) is 5.56 Å². The quantitative estimate of drug-likeness (QED) is 0.634. The number of nitrogens with one attached hydrogen (secondary N) is 3. The summed E-state index contributed by atoms with van der Waals surface area (Å²) in [6, 6.07) is 3.75. The number of tetrazole rings is 1. The molecule has 0 fully saturated rings. The number of carbonyl (C=O) groups excluding carboxylic acids is 1. The number of hydrogen-bond acceptors (Lipinski definition) is 6. The third-order valence-corrected chi connectivity index (χ3v) is 3.60. The van der Waals surface area contributed by atoms with Crippen LogP contribution in [0.15, 0.2) is 24.5 Å². The second kappa shape index (κ2) is 7.01. The number of aromatic nitrogens is 7. The van der Waals surface area contributed by atoms with Gasteiger partial charge in [-0.25, -0.2) is 14.5 Å². The number of urea groups is 1. The highest BCUT2D eigenvalue weighted by Crippen LogP contribution is 2.26. The summed E-state index contributed by atoms with van der Waals surface area (Å²) in [4.78, 5) is 15.5. The van der Waals surface area contributed by atoms with Gasteiger partial charge in [0.15, 0.2) is 0 Å². The van der Waals surface area contributed by atoms with Crippen LogP contribution in [0.2, 0.25) is 0 Å². The fourth-order valence-electron chi connectivity index (χ4n) is 2.18. The van der Waals surface area contributed by atoms with Crippen molar-refractivity contribution in [2.24, 2.45) is 0 Å². The number of amides is 2. The van der Waals surface area contributed by atoms with Crippen LogP contribution in [0.25, 0.3) is 5.69 Å². The van der Waals surface area contributed by atoms with Crippen LogP contribution in [0, 0.1) is 6.92 Å². The first-order valence-corrected chi connectivity index (χ1v) is 7.65. The molecular formula is C14H14F3N9O. The van der Waals surface area contributed by atoms with E-state index in [1.807, 2.05) is 0 Å². The van der Waals surface area contributed by atoms with Gasteiger partial charge in [-0.1, -0.05) is 6.07 Å². The smallest absolute Gasteiger partial charge is 0.328 e. The Morgan fingerprint density at radius 3 is 2.74 bits per heavy atom. The Labute approximate surface area is 150 Å². The average Bonchev–Trinajstić information content (AvgIpc) is 3.28. The summed E-state index contributed by atoms with van der Waals surface area (Å²) in [7, 11) is 0. The second-order valence-electron chi connectivity index (χ2n) is 5.62. The van der Waals surface area contributed by atoms with E-state index in [1.165, 1.54) is 17.9 Å². The van der Waals surface area contributed by atoms with Crippen molar-refractivity contribution in [1.82, 2.24) is 40.7 Å². The SMILES string of the molecule is Cc1ccc(-n2cnnn2)cc1NC(=O)NC(C)c1nc(C(F)(F)F)n[nH]1. The molecule has 142 valence electrons. The van der Waals surface area contributed by atoms with E-state index in [2.05, 4.69) is 41.3 Å². The molecule has 1 atom stereocenters. The van der Waals surface area contributed by atoms with Crippen LogP contribution in [-0.2, 0) is 6.18 Å². The molecule has 3 aromatic rings. The highest BCUT2D eigenvalue weighted by molar-refractivity contribution is 5.90. The number of aromatic amines is 1.